The predicted molar refractivity (Wildman–Crippen MR) is 146 cm³/mol. The van der Waals surface area contributed by atoms with Gasteiger partial charge in [0.05, 0.1) is 6.04 Å². The number of hydrogen-bond acceptors (Lipinski definition) is 5. The molecule has 0 unspecified atom stereocenters. The first-order valence-corrected chi connectivity index (χ1v) is 12.9. The van der Waals surface area contributed by atoms with E-state index in [1.807, 2.05) is 4.90 Å². The summed E-state index contributed by atoms with van der Waals surface area (Å²) in [6.07, 6.45) is 6.73. The highest BCUT2D eigenvalue weighted by Gasteiger charge is 2.71. The van der Waals surface area contributed by atoms with Crippen LogP contribution in [0.5, 0.6) is 0 Å². The number of ketones is 3. The number of pyridine rings is 1. The number of benzene rings is 3. The number of Topliss-reactive ketones (excluding diaryl/α,β-unsaturated/α-hetero) is 3. The number of halogens is 2. The maximum atomic E-state index is 14.5. The molecular weight excluding hydrogens is 515 g/mol. The quantitative estimate of drug-likeness (QED) is 0.231. The molecule has 2 aliphatic heterocycles. The SMILES string of the molecule is O=C(c1ccc(Cl)cc1)[C@@H]1[C@@H](c2cccnc2)C2(C(=O)c3ccccc3C2=O)[C@H]2C=Cc3cc(F)ccc3N12. The number of hydrogen-bond donors (Lipinski definition) is 0. The molecule has 0 N–H and O–H groups in total. The third kappa shape index (κ3) is 3.18. The van der Waals surface area contributed by atoms with E-state index in [4.69, 9.17) is 11.6 Å². The summed E-state index contributed by atoms with van der Waals surface area (Å²) in [6, 6.07) is 19.5. The van der Waals surface area contributed by atoms with Crippen LogP contribution in [0, 0.1) is 11.2 Å². The van der Waals surface area contributed by atoms with Crippen molar-refractivity contribution < 1.29 is 18.8 Å². The van der Waals surface area contributed by atoms with Crippen LogP contribution in [0.4, 0.5) is 10.1 Å². The minimum absolute atomic E-state index is 0.274. The van der Waals surface area contributed by atoms with E-state index in [0.29, 0.717) is 38.5 Å². The summed E-state index contributed by atoms with van der Waals surface area (Å²) >= 11 is 6.12. The molecule has 0 saturated carbocycles. The van der Waals surface area contributed by atoms with Gasteiger partial charge in [-0.25, -0.2) is 4.39 Å². The molecule has 3 aromatic carbocycles. The zero-order valence-corrected chi connectivity index (χ0v) is 21.2. The van der Waals surface area contributed by atoms with Gasteiger partial charge in [0.15, 0.2) is 17.3 Å². The van der Waals surface area contributed by atoms with Crippen molar-refractivity contribution in [3.05, 3.63) is 136 Å². The molecule has 1 saturated heterocycles. The number of fused-ring (bicyclic) bond motifs is 5. The van der Waals surface area contributed by atoms with Gasteiger partial charge < -0.3 is 4.90 Å². The van der Waals surface area contributed by atoms with Crippen LogP contribution in [-0.4, -0.2) is 34.4 Å². The summed E-state index contributed by atoms with van der Waals surface area (Å²) in [5, 5.41) is 0.481. The maximum Gasteiger partial charge on any atom is 0.185 e. The number of rotatable bonds is 3. The maximum absolute atomic E-state index is 14.5. The lowest BCUT2D eigenvalue weighted by atomic mass is 9.64. The van der Waals surface area contributed by atoms with E-state index in [1.54, 1.807) is 91.3 Å². The normalized spacial score (nSPS) is 22.1. The Labute approximate surface area is 228 Å². The third-order valence-corrected chi connectivity index (χ3v) is 8.46. The summed E-state index contributed by atoms with van der Waals surface area (Å²) < 4.78 is 14.3. The van der Waals surface area contributed by atoms with Gasteiger partial charge >= 0.3 is 0 Å². The van der Waals surface area contributed by atoms with Crippen molar-refractivity contribution in [1.82, 2.24) is 4.98 Å². The number of carbonyl (C=O) groups is 3. The molecule has 4 aromatic rings. The van der Waals surface area contributed by atoms with Gasteiger partial charge in [-0.05, 0) is 54.1 Å². The fourth-order valence-electron chi connectivity index (χ4n) is 6.67. The van der Waals surface area contributed by atoms with Crippen LogP contribution in [0.25, 0.3) is 6.08 Å². The molecule has 1 aromatic heterocycles. The lowest BCUT2D eigenvalue weighted by Crippen LogP contribution is -2.48. The molecule has 0 bridgehead atoms. The zero-order valence-electron chi connectivity index (χ0n) is 20.4. The van der Waals surface area contributed by atoms with Crippen molar-refractivity contribution in [2.24, 2.45) is 5.41 Å². The topological polar surface area (TPSA) is 67.3 Å². The van der Waals surface area contributed by atoms with E-state index < -0.39 is 29.2 Å². The smallest absolute Gasteiger partial charge is 0.185 e. The second kappa shape index (κ2) is 8.55. The molecule has 190 valence electrons. The minimum Gasteiger partial charge on any atom is -0.352 e. The zero-order chi connectivity index (χ0) is 26.9. The van der Waals surface area contributed by atoms with Gasteiger partial charge in [-0.2, -0.15) is 0 Å². The highest BCUT2D eigenvalue weighted by atomic mass is 35.5. The molecule has 7 heteroatoms. The first kappa shape index (κ1) is 23.7. The molecule has 5 nitrogen and oxygen atoms in total. The molecule has 7 rings (SSSR count). The molecule has 0 radical (unpaired) electrons. The first-order valence-electron chi connectivity index (χ1n) is 12.6. The third-order valence-electron chi connectivity index (χ3n) is 8.21. The summed E-state index contributed by atoms with van der Waals surface area (Å²) in [4.78, 5) is 49.6. The molecule has 39 heavy (non-hydrogen) atoms. The van der Waals surface area contributed by atoms with E-state index >= 15 is 0 Å². The Morgan fingerprint density at radius 1 is 0.923 bits per heavy atom. The molecule has 3 atom stereocenters. The highest BCUT2D eigenvalue weighted by Crippen LogP contribution is 2.60. The molecule has 3 aliphatic rings. The first-order chi connectivity index (χ1) is 18.9. The van der Waals surface area contributed by atoms with Gasteiger partial charge in [0, 0.05) is 51.3 Å². The Morgan fingerprint density at radius 2 is 1.64 bits per heavy atom. The number of nitrogens with zero attached hydrogens (tertiary/aromatic N) is 2. The lowest BCUT2D eigenvalue weighted by Gasteiger charge is -2.37. The summed E-state index contributed by atoms with van der Waals surface area (Å²) in [5.41, 5.74) is 1.20. The van der Waals surface area contributed by atoms with E-state index in [9.17, 15) is 18.8 Å². The van der Waals surface area contributed by atoms with E-state index in [2.05, 4.69) is 4.98 Å². The Hall–Kier alpha value is -4.42. The minimum atomic E-state index is -1.62. The monoisotopic (exact) mass is 534 g/mol. The highest BCUT2D eigenvalue weighted by molar-refractivity contribution is 6.32. The Morgan fingerprint density at radius 3 is 2.31 bits per heavy atom. The molecular formula is C32H20ClFN2O3. The van der Waals surface area contributed by atoms with Crippen LogP contribution < -0.4 is 4.90 Å². The summed E-state index contributed by atoms with van der Waals surface area (Å²) in [7, 11) is 0. The van der Waals surface area contributed by atoms with Crippen molar-refractivity contribution in [1.29, 1.82) is 0 Å². The van der Waals surface area contributed by atoms with Crippen molar-refractivity contribution in [2.45, 2.75) is 18.0 Å². The van der Waals surface area contributed by atoms with E-state index in [0.717, 1.165) is 0 Å². The van der Waals surface area contributed by atoms with Gasteiger partial charge in [-0.15, -0.1) is 0 Å². The van der Waals surface area contributed by atoms with Gasteiger partial charge in [-0.3, -0.25) is 19.4 Å². The molecule has 0 amide bonds. The molecule has 1 spiro atoms. The van der Waals surface area contributed by atoms with Crippen LogP contribution in [0.15, 0.2) is 97.3 Å². The van der Waals surface area contributed by atoms with Crippen LogP contribution >= 0.6 is 11.6 Å². The van der Waals surface area contributed by atoms with Gasteiger partial charge in [0.2, 0.25) is 0 Å². The van der Waals surface area contributed by atoms with Crippen molar-refractivity contribution in [3.8, 4) is 0 Å². The van der Waals surface area contributed by atoms with E-state index in [-0.39, 0.29) is 17.3 Å². The van der Waals surface area contributed by atoms with Crippen LogP contribution in [0.1, 0.15) is 48.1 Å². The van der Waals surface area contributed by atoms with Crippen LogP contribution in [-0.2, 0) is 0 Å². The molecule has 3 heterocycles. The number of carbonyl (C=O) groups excluding carboxylic acids is 3. The lowest BCUT2D eigenvalue weighted by molar-refractivity contribution is 0.0666. The van der Waals surface area contributed by atoms with Crippen LogP contribution in [0.2, 0.25) is 5.02 Å². The largest absolute Gasteiger partial charge is 0.352 e. The fourth-order valence-corrected chi connectivity index (χ4v) is 6.79. The second-order valence-corrected chi connectivity index (χ2v) is 10.5. The van der Waals surface area contributed by atoms with Gasteiger partial charge in [0.1, 0.15) is 17.3 Å². The number of anilines is 1. The number of aromatic nitrogens is 1. The Bertz CT molecular complexity index is 1680. The van der Waals surface area contributed by atoms with Gasteiger partial charge in [0.25, 0.3) is 0 Å². The van der Waals surface area contributed by atoms with Gasteiger partial charge in [-0.1, -0.05) is 54.1 Å². The van der Waals surface area contributed by atoms with Crippen LogP contribution in [0.3, 0.4) is 0 Å². The van der Waals surface area contributed by atoms with E-state index in [1.165, 1.54) is 12.1 Å². The van der Waals surface area contributed by atoms with Crippen molar-refractivity contribution >= 4 is 40.7 Å². The Kier molecular flexibility index (Phi) is 5.19. The van der Waals surface area contributed by atoms with Crippen molar-refractivity contribution in [2.75, 3.05) is 4.90 Å². The average molecular weight is 535 g/mol. The Balaban J connectivity index is 1.54. The average Bonchev–Trinajstić information content (AvgIpc) is 3.39. The standard InChI is InChI=1S/C32H20ClFN2O3/c33-21-10-7-18(8-11-21)29(37)28-27(20-4-3-15-35-17-20)32(30(38)23-5-1-2-6-24(23)31(32)39)26-14-9-19-16-22(34)12-13-25(19)36(26)28/h1-17,26-28H/t26-,27-,28+/m1/s1. The summed E-state index contributed by atoms with van der Waals surface area (Å²) in [5.74, 6) is -2.21. The fraction of sp³-hybridized carbons (Fsp3) is 0.125. The summed E-state index contributed by atoms with van der Waals surface area (Å²) in [6.45, 7) is 0. The second-order valence-electron chi connectivity index (χ2n) is 10.1. The predicted octanol–water partition coefficient (Wildman–Crippen LogP) is 6.19. The van der Waals surface area contributed by atoms with Crippen molar-refractivity contribution in [3.63, 3.8) is 0 Å². The molecule has 1 aliphatic carbocycles. The molecule has 1 fully saturated rings.